The zero-order valence-corrected chi connectivity index (χ0v) is 15.2. The van der Waals surface area contributed by atoms with Crippen molar-refractivity contribution in [2.75, 3.05) is 24.6 Å². The van der Waals surface area contributed by atoms with Crippen LogP contribution in [0.25, 0.3) is 10.9 Å². The predicted molar refractivity (Wildman–Crippen MR) is 107 cm³/mol. The van der Waals surface area contributed by atoms with Crippen molar-refractivity contribution >= 4 is 28.6 Å². The number of carbonyl (C=O) groups is 2. The highest BCUT2D eigenvalue weighted by atomic mass is 16.6. The summed E-state index contributed by atoms with van der Waals surface area (Å²) in [6.45, 7) is 1.26. The number of aromatic amines is 1. The van der Waals surface area contributed by atoms with Crippen LogP contribution in [0.2, 0.25) is 0 Å². The van der Waals surface area contributed by atoms with E-state index in [9.17, 15) is 9.59 Å². The first kappa shape index (κ1) is 17.7. The molecule has 1 saturated heterocycles. The fourth-order valence-corrected chi connectivity index (χ4v) is 3.16. The summed E-state index contributed by atoms with van der Waals surface area (Å²) in [4.78, 5) is 28.5. The molecule has 2 amide bonds. The van der Waals surface area contributed by atoms with Gasteiger partial charge in [-0.25, -0.2) is 4.79 Å². The Bertz CT molecular complexity index is 1070. The van der Waals surface area contributed by atoms with E-state index in [0.717, 1.165) is 27.7 Å². The van der Waals surface area contributed by atoms with Crippen LogP contribution in [-0.2, 0) is 16.0 Å². The molecule has 0 unspecified atom stereocenters. The maximum atomic E-state index is 12.1. The molecule has 28 heavy (non-hydrogen) atoms. The molecule has 1 aromatic heterocycles. The maximum Gasteiger partial charge on any atom is 0.414 e. The molecule has 6 nitrogen and oxygen atoms in total. The number of hydrogen-bond acceptors (Lipinski definition) is 3. The first-order chi connectivity index (χ1) is 13.7. The molecular formula is C22H19N3O3. The van der Waals surface area contributed by atoms with Crippen molar-refractivity contribution < 1.29 is 14.3 Å². The lowest BCUT2D eigenvalue weighted by atomic mass is 10.1. The van der Waals surface area contributed by atoms with E-state index in [1.165, 1.54) is 0 Å². The van der Waals surface area contributed by atoms with E-state index in [1.54, 1.807) is 4.90 Å². The molecule has 1 aliphatic rings. The molecule has 6 heteroatoms. The van der Waals surface area contributed by atoms with Gasteiger partial charge in [0.05, 0.1) is 19.5 Å². The SMILES string of the molecule is O=C(Cc1c[nH]c2ccccc12)NCC#Cc1ccc(N2CCOC2=O)cc1. The van der Waals surface area contributed by atoms with E-state index >= 15 is 0 Å². The fraction of sp³-hybridized carbons (Fsp3) is 0.182. The van der Waals surface area contributed by atoms with Crippen molar-refractivity contribution in [3.63, 3.8) is 0 Å². The smallest absolute Gasteiger partial charge is 0.414 e. The molecule has 3 aromatic rings. The van der Waals surface area contributed by atoms with E-state index in [2.05, 4.69) is 22.1 Å². The van der Waals surface area contributed by atoms with Gasteiger partial charge in [0.15, 0.2) is 0 Å². The molecule has 0 saturated carbocycles. The highest BCUT2D eigenvalue weighted by Crippen LogP contribution is 2.19. The zero-order chi connectivity index (χ0) is 19.3. The Morgan fingerprint density at radius 3 is 2.79 bits per heavy atom. The number of carbonyl (C=O) groups excluding carboxylic acids is 2. The number of ether oxygens (including phenoxy) is 1. The Hall–Kier alpha value is -3.72. The summed E-state index contributed by atoms with van der Waals surface area (Å²) in [5, 5.41) is 3.88. The van der Waals surface area contributed by atoms with Gasteiger partial charge in [-0.15, -0.1) is 0 Å². The highest BCUT2D eigenvalue weighted by Gasteiger charge is 2.23. The molecule has 2 aromatic carbocycles. The number of fused-ring (bicyclic) bond motifs is 1. The summed E-state index contributed by atoms with van der Waals surface area (Å²) in [5.74, 6) is 5.90. The van der Waals surface area contributed by atoms with Crippen LogP contribution in [0.1, 0.15) is 11.1 Å². The molecule has 4 rings (SSSR count). The Kier molecular flexibility index (Phi) is 4.98. The van der Waals surface area contributed by atoms with E-state index in [4.69, 9.17) is 4.74 Å². The summed E-state index contributed by atoms with van der Waals surface area (Å²) in [5.41, 5.74) is 3.61. The molecule has 2 N–H and O–H groups in total. The van der Waals surface area contributed by atoms with Gasteiger partial charge < -0.3 is 15.0 Å². The largest absolute Gasteiger partial charge is 0.447 e. The fourth-order valence-electron chi connectivity index (χ4n) is 3.16. The Morgan fingerprint density at radius 2 is 2.00 bits per heavy atom. The summed E-state index contributed by atoms with van der Waals surface area (Å²) >= 11 is 0. The molecule has 0 aliphatic carbocycles. The number of para-hydroxylation sites is 1. The molecule has 0 atom stereocenters. The van der Waals surface area contributed by atoms with E-state index in [1.807, 2.05) is 54.7 Å². The number of H-pyrrole nitrogens is 1. The van der Waals surface area contributed by atoms with Gasteiger partial charge in [-0.3, -0.25) is 9.69 Å². The number of anilines is 1. The van der Waals surface area contributed by atoms with Crippen LogP contribution in [0.5, 0.6) is 0 Å². The Labute approximate surface area is 162 Å². The monoisotopic (exact) mass is 373 g/mol. The third kappa shape index (κ3) is 3.84. The lowest BCUT2D eigenvalue weighted by Gasteiger charge is -2.11. The quantitative estimate of drug-likeness (QED) is 0.691. The molecule has 1 fully saturated rings. The normalized spacial score (nSPS) is 13.1. The van der Waals surface area contributed by atoms with Gasteiger partial charge in [-0.1, -0.05) is 30.0 Å². The van der Waals surface area contributed by atoms with Crippen LogP contribution in [-0.4, -0.2) is 36.7 Å². The van der Waals surface area contributed by atoms with Crippen molar-refractivity contribution in [2.45, 2.75) is 6.42 Å². The second-order valence-corrected chi connectivity index (χ2v) is 6.43. The summed E-state index contributed by atoms with van der Waals surface area (Å²) in [6, 6.07) is 15.3. The Morgan fingerprint density at radius 1 is 1.18 bits per heavy atom. The number of rotatable bonds is 4. The summed E-state index contributed by atoms with van der Waals surface area (Å²) < 4.78 is 4.93. The van der Waals surface area contributed by atoms with Crippen LogP contribution in [0.15, 0.2) is 54.7 Å². The lowest BCUT2D eigenvalue weighted by Crippen LogP contribution is -2.25. The van der Waals surface area contributed by atoms with Gasteiger partial charge in [0, 0.05) is 28.4 Å². The van der Waals surface area contributed by atoms with Gasteiger partial charge in [0.25, 0.3) is 0 Å². The molecule has 0 radical (unpaired) electrons. The topological polar surface area (TPSA) is 74.4 Å². The third-order valence-corrected chi connectivity index (χ3v) is 4.57. The zero-order valence-electron chi connectivity index (χ0n) is 15.2. The van der Waals surface area contributed by atoms with Crippen molar-refractivity contribution in [3.05, 3.63) is 65.9 Å². The van der Waals surface area contributed by atoms with Crippen molar-refractivity contribution in [2.24, 2.45) is 0 Å². The predicted octanol–water partition coefficient (Wildman–Crippen LogP) is 2.83. The van der Waals surface area contributed by atoms with E-state index in [0.29, 0.717) is 19.6 Å². The van der Waals surface area contributed by atoms with Gasteiger partial charge in [-0.05, 0) is 35.9 Å². The minimum atomic E-state index is -0.322. The summed E-state index contributed by atoms with van der Waals surface area (Å²) in [7, 11) is 0. The molecule has 1 aliphatic heterocycles. The first-order valence-corrected chi connectivity index (χ1v) is 9.05. The number of benzene rings is 2. The number of cyclic esters (lactones) is 1. The number of aromatic nitrogens is 1. The molecular weight excluding hydrogens is 354 g/mol. The van der Waals surface area contributed by atoms with Crippen LogP contribution in [0.3, 0.4) is 0 Å². The van der Waals surface area contributed by atoms with Crippen LogP contribution < -0.4 is 10.2 Å². The number of amides is 2. The average Bonchev–Trinajstić information content (AvgIpc) is 3.32. The van der Waals surface area contributed by atoms with E-state index in [-0.39, 0.29) is 18.5 Å². The summed E-state index contributed by atoms with van der Waals surface area (Å²) in [6.07, 6.45) is 1.86. The van der Waals surface area contributed by atoms with Crippen LogP contribution >= 0.6 is 0 Å². The maximum absolute atomic E-state index is 12.1. The minimum Gasteiger partial charge on any atom is -0.447 e. The number of nitrogens with zero attached hydrogens (tertiary/aromatic N) is 1. The Balaban J connectivity index is 1.30. The van der Waals surface area contributed by atoms with Gasteiger partial charge in [0.1, 0.15) is 6.61 Å². The number of hydrogen-bond donors (Lipinski definition) is 2. The van der Waals surface area contributed by atoms with E-state index < -0.39 is 0 Å². The average molecular weight is 373 g/mol. The van der Waals surface area contributed by atoms with Gasteiger partial charge >= 0.3 is 6.09 Å². The molecule has 0 spiro atoms. The van der Waals surface area contributed by atoms with Crippen LogP contribution in [0, 0.1) is 11.8 Å². The standard InChI is InChI=1S/C22H19N3O3/c26-21(14-17-15-24-20-6-2-1-5-19(17)20)23-11-3-4-16-7-9-18(10-8-16)25-12-13-28-22(25)27/h1-2,5-10,15,24H,11-14H2,(H,23,26). The van der Waals surface area contributed by atoms with Gasteiger partial charge in [-0.2, -0.15) is 0 Å². The first-order valence-electron chi connectivity index (χ1n) is 9.05. The molecule has 0 bridgehead atoms. The second kappa shape index (κ2) is 7.89. The minimum absolute atomic E-state index is 0.0676. The lowest BCUT2D eigenvalue weighted by molar-refractivity contribution is -0.120. The van der Waals surface area contributed by atoms with Gasteiger partial charge in [0.2, 0.25) is 5.91 Å². The number of nitrogens with one attached hydrogen (secondary N) is 2. The molecule has 2 heterocycles. The van der Waals surface area contributed by atoms with Crippen molar-refractivity contribution in [1.29, 1.82) is 0 Å². The second-order valence-electron chi connectivity index (χ2n) is 6.43. The third-order valence-electron chi connectivity index (χ3n) is 4.57. The highest BCUT2D eigenvalue weighted by molar-refractivity contribution is 5.89. The van der Waals surface area contributed by atoms with Crippen molar-refractivity contribution in [3.8, 4) is 11.8 Å². The molecule has 140 valence electrons. The van der Waals surface area contributed by atoms with Crippen molar-refractivity contribution in [1.82, 2.24) is 10.3 Å². The van der Waals surface area contributed by atoms with Crippen LogP contribution in [0.4, 0.5) is 10.5 Å².